The molecule has 0 spiro atoms. The Hall–Kier alpha value is -2.29. The van der Waals surface area contributed by atoms with Crippen molar-refractivity contribution in [1.29, 1.82) is 0 Å². The summed E-state index contributed by atoms with van der Waals surface area (Å²) in [6.45, 7) is 0.417. The zero-order chi connectivity index (χ0) is 11.2. The molecule has 80 valence electrons. The number of carbonyl (C=O) groups excluding carboxylic acids is 1. The van der Waals surface area contributed by atoms with E-state index in [1.165, 1.54) is 5.06 Å². The lowest BCUT2D eigenvalue weighted by Gasteiger charge is -2.20. The molecule has 0 aromatic heterocycles. The van der Waals surface area contributed by atoms with Gasteiger partial charge in [-0.05, 0) is 24.3 Å². The predicted molar refractivity (Wildman–Crippen MR) is 62.2 cm³/mol. The zero-order valence-electron chi connectivity index (χ0n) is 8.61. The summed E-state index contributed by atoms with van der Waals surface area (Å²) < 4.78 is 0. The molecule has 2 aromatic carbocycles. The van der Waals surface area contributed by atoms with Crippen molar-refractivity contribution in [2.75, 3.05) is 5.06 Å². The van der Waals surface area contributed by atoms with E-state index >= 15 is 0 Å². The van der Waals surface area contributed by atoms with E-state index < -0.39 is 0 Å². The fourth-order valence-corrected chi connectivity index (χ4v) is 1.44. The van der Waals surface area contributed by atoms with Gasteiger partial charge in [-0.2, -0.15) is 5.06 Å². The standard InChI is InChI=1S/C13H11NO2/c15-11-16-14(12-7-3-1-4-8-12)13-9-5-2-6-10-13/h1-11H. The van der Waals surface area contributed by atoms with Crippen molar-refractivity contribution >= 4 is 17.8 Å². The van der Waals surface area contributed by atoms with Crippen molar-refractivity contribution < 1.29 is 9.63 Å². The average Bonchev–Trinajstić information content (AvgIpc) is 2.38. The van der Waals surface area contributed by atoms with Gasteiger partial charge in [0, 0.05) is 0 Å². The molecule has 0 saturated carbocycles. The summed E-state index contributed by atoms with van der Waals surface area (Å²) >= 11 is 0. The Labute approximate surface area is 93.8 Å². The minimum Gasteiger partial charge on any atom is -0.339 e. The number of carbonyl (C=O) groups is 1. The molecule has 0 saturated heterocycles. The number of hydrogen-bond acceptors (Lipinski definition) is 3. The molecule has 3 heteroatoms. The molecule has 0 radical (unpaired) electrons. The van der Waals surface area contributed by atoms with Gasteiger partial charge in [0.2, 0.25) is 0 Å². The molecule has 0 aliphatic heterocycles. The highest BCUT2D eigenvalue weighted by Gasteiger charge is 2.08. The van der Waals surface area contributed by atoms with E-state index in [4.69, 9.17) is 4.84 Å². The Balaban J connectivity index is 2.35. The van der Waals surface area contributed by atoms with E-state index in [-0.39, 0.29) is 0 Å². The van der Waals surface area contributed by atoms with E-state index in [0.717, 1.165) is 11.4 Å². The highest BCUT2D eigenvalue weighted by molar-refractivity contribution is 5.62. The molecule has 0 unspecified atom stereocenters. The fraction of sp³-hybridized carbons (Fsp3) is 0. The Morgan fingerprint density at radius 2 is 1.25 bits per heavy atom. The lowest BCUT2D eigenvalue weighted by atomic mass is 10.2. The predicted octanol–water partition coefficient (Wildman–Crippen LogP) is 2.91. The molecule has 0 heterocycles. The van der Waals surface area contributed by atoms with Crippen molar-refractivity contribution in [2.45, 2.75) is 0 Å². The normalized spacial score (nSPS) is 9.50. The van der Waals surface area contributed by atoms with Gasteiger partial charge < -0.3 is 4.84 Å². The first-order valence-corrected chi connectivity index (χ1v) is 4.92. The Morgan fingerprint density at radius 3 is 1.62 bits per heavy atom. The molecule has 0 fully saturated rings. The fourth-order valence-electron chi connectivity index (χ4n) is 1.44. The SMILES string of the molecule is O=CON(c1ccccc1)c1ccccc1. The summed E-state index contributed by atoms with van der Waals surface area (Å²) in [5, 5.41) is 1.48. The summed E-state index contributed by atoms with van der Waals surface area (Å²) in [7, 11) is 0. The lowest BCUT2D eigenvalue weighted by Crippen LogP contribution is -2.16. The van der Waals surface area contributed by atoms with E-state index in [1.807, 2.05) is 60.7 Å². The summed E-state index contributed by atoms with van der Waals surface area (Å²) in [6, 6.07) is 18.9. The van der Waals surface area contributed by atoms with Gasteiger partial charge in [0.25, 0.3) is 0 Å². The van der Waals surface area contributed by atoms with Crippen LogP contribution >= 0.6 is 0 Å². The first-order chi connectivity index (χ1) is 7.92. The highest BCUT2D eigenvalue weighted by atomic mass is 16.7. The van der Waals surface area contributed by atoms with Gasteiger partial charge in [0.05, 0.1) is 11.4 Å². The Morgan fingerprint density at radius 1 is 0.812 bits per heavy atom. The Kier molecular flexibility index (Phi) is 3.18. The third-order valence-corrected chi connectivity index (χ3v) is 2.13. The number of hydrogen-bond donors (Lipinski definition) is 0. The first-order valence-electron chi connectivity index (χ1n) is 4.92. The van der Waals surface area contributed by atoms with Gasteiger partial charge in [0.15, 0.2) is 0 Å². The maximum atomic E-state index is 10.5. The molecule has 2 rings (SSSR count). The van der Waals surface area contributed by atoms with E-state index in [2.05, 4.69) is 0 Å². The summed E-state index contributed by atoms with van der Waals surface area (Å²) in [4.78, 5) is 15.5. The second-order valence-electron chi connectivity index (χ2n) is 3.17. The minimum atomic E-state index is 0.417. The van der Waals surface area contributed by atoms with E-state index in [1.54, 1.807) is 0 Å². The lowest BCUT2D eigenvalue weighted by molar-refractivity contribution is -0.128. The van der Waals surface area contributed by atoms with Gasteiger partial charge in [-0.1, -0.05) is 36.4 Å². The molecule has 3 nitrogen and oxygen atoms in total. The van der Waals surface area contributed by atoms with Crippen molar-refractivity contribution in [3.8, 4) is 0 Å². The summed E-state index contributed by atoms with van der Waals surface area (Å²) in [5.74, 6) is 0. The van der Waals surface area contributed by atoms with Crippen LogP contribution in [0.15, 0.2) is 60.7 Å². The molecular weight excluding hydrogens is 202 g/mol. The first kappa shape index (κ1) is 10.2. The van der Waals surface area contributed by atoms with Gasteiger partial charge in [0.1, 0.15) is 0 Å². The van der Waals surface area contributed by atoms with Gasteiger partial charge >= 0.3 is 6.47 Å². The van der Waals surface area contributed by atoms with Crippen LogP contribution in [0.2, 0.25) is 0 Å². The number of benzene rings is 2. The second-order valence-corrected chi connectivity index (χ2v) is 3.17. The van der Waals surface area contributed by atoms with Crippen LogP contribution in [0.4, 0.5) is 11.4 Å². The molecule has 0 N–H and O–H groups in total. The monoisotopic (exact) mass is 213 g/mol. The molecule has 0 aliphatic rings. The van der Waals surface area contributed by atoms with E-state index in [9.17, 15) is 4.79 Å². The second kappa shape index (κ2) is 4.98. The maximum Gasteiger partial charge on any atom is 0.321 e. The van der Waals surface area contributed by atoms with Crippen molar-refractivity contribution in [1.82, 2.24) is 0 Å². The third-order valence-electron chi connectivity index (χ3n) is 2.13. The average molecular weight is 213 g/mol. The number of rotatable bonds is 4. The van der Waals surface area contributed by atoms with Gasteiger partial charge in [-0.15, -0.1) is 0 Å². The van der Waals surface area contributed by atoms with Gasteiger partial charge in [-0.25, -0.2) is 0 Å². The topological polar surface area (TPSA) is 29.5 Å². The summed E-state index contributed by atoms with van der Waals surface area (Å²) in [5.41, 5.74) is 1.61. The zero-order valence-corrected chi connectivity index (χ0v) is 8.61. The van der Waals surface area contributed by atoms with Crippen LogP contribution in [-0.4, -0.2) is 6.47 Å². The molecule has 0 aliphatic carbocycles. The van der Waals surface area contributed by atoms with Crippen molar-refractivity contribution in [3.63, 3.8) is 0 Å². The quantitative estimate of drug-likeness (QED) is 0.577. The number of anilines is 2. The maximum absolute atomic E-state index is 10.5. The van der Waals surface area contributed by atoms with Crippen molar-refractivity contribution in [3.05, 3.63) is 60.7 Å². The third kappa shape index (κ3) is 2.20. The molecule has 0 amide bonds. The largest absolute Gasteiger partial charge is 0.339 e. The number of para-hydroxylation sites is 2. The highest BCUT2D eigenvalue weighted by Crippen LogP contribution is 2.24. The van der Waals surface area contributed by atoms with Crippen LogP contribution in [0.25, 0.3) is 0 Å². The van der Waals surface area contributed by atoms with Crippen molar-refractivity contribution in [2.24, 2.45) is 0 Å². The molecule has 2 aromatic rings. The van der Waals surface area contributed by atoms with E-state index in [0.29, 0.717) is 6.47 Å². The molecule has 0 atom stereocenters. The van der Waals surface area contributed by atoms with Crippen LogP contribution in [-0.2, 0) is 9.63 Å². The molecule has 0 bridgehead atoms. The molecule has 16 heavy (non-hydrogen) atoms. The van der Waals surface area contributed by atoms with Crippen LogP contribution in [0.1, 0.15) is 0 Å². The van der Waals surface area contributed by atoms with Crippen LogP contribution in [0.3, 0.4) is 0 Å². The molecular formula is C13H11NO2. The van der Waals surface area contributed by atoms with Crippen LogP contribution in [0.5, 0.6) is 0 Å². The Bertz CT molecular complexity index is 403. The van der Waals surface area contributed by atoms with Crippen LogP contribution in [0, 0.1) is 0 Å². The summed E-state index contributed by atoms with van der Waals surface area (Å²) in [6.07, 6.45) is 0. The van der Waals surface area contributed by atoms with Crippen LogP contribution < -0.4 is 5.06 Å². The smallest absolute Gasteiger partial charge is 0.321 e. The number of nitrogens with zero attached hydrogens (tertiary/aromatic N) is 1. The minimum absolute atomic E-state index is 0.417. The van der Waals surface area contributed by atoms with Gasteiger partial charge in [-0.3, -0.25) is 4.79 Å².